The fraction of sp³-hybridized carbons (Fsp3) is 0.448. The summed E-state index contributed by atoms with van der Waals surface area (Å²) in [6.07, 6.45) is 3.57. The highest BCUT2D eigenvalue weighted by Crippen LogP contribution is 2.36. The van der Waals surface area contributed by atoms with E-state index in [1.54, 1.807) is 38.1 Å². The van der Waals surface area contributed by atoms with Crippen molar-refractivity contribution in [3.63, 3.8) is 0 Å². The van der Waals surface area contributed by atoms with Crippen LogP contribution in [0.25, 0.3) is 0 Å². The smallest absolute Gasteiger partial charge is 0.182 e. The van der Waals surface area contributed by atoms with Crippen LogP contribution in [0.3, 0.4) is 0 Å². The Morgan fingerprint density at radius 1 is 1.18 bits per heavy atom. The molecular formula is C29H40ClN5O3S. The van der Waals surface area contributed by atoms with Gasteiger partial charge in [0.2, 0.25) is 0 Å². The maximum atomic E-state index is 12.9. The van der Waals surface area contributed by atoms with Crippen LogP contribution in [0.2, 0.25) is 0 Å². The molecule has 212 valence electrons. The third-order valence-corrected chi connectivity index (χ3v) is 9.00. The van der Waals surface area contributed by atoms with Gasteiger partial charge in [0, 0.05) is 6.20 Å². The van der Waals surface area contributed by atoms with E-state index in [0.717, 1.165) is 37.4 Å². The van der Waals surface area contributed by atoms with Gasteiger partial charge in [0.05, 0.1) is 27.6 Å². The first-order chi connectivity index (χ1) is 18.5. The molecule has 1 saturated heterocycles. The summed E-state index contributed by atoms with van der Waals surface area (Å²) in [7, 11) is -3.54. The number of benzene rings is 2. The van der Waals surface area contributed by atoms with Crippen LogP contribution in [0.5, 0.6) is 5.75 Å². The molecule has 39 heavy (non-hydrogen) atoms. The third kappa shape index (κ3) is 8.06. The van der Waals surface area contributed by atoms with E-state index < -0.39 is 15.1 Å². The van der Waals surface area contributed by atoms with Crippen LogP contribution in [-0.4, -0.2) is 52.1 Å². The summed E-state index contributed by atoms with van der Waals surface area (Å²) >= 11 is 6.47. The highest BCUT2D eigenvalue weighted by molar-refractivity contribution is 7.92. The number of piperidine rings is 1. The van der Waals surface area contributed by atoms with Gasteiger partial charge in [-0.25, -0.2) is 13.4 Å². The van der Waals surface area contributed by atoms with E-state index in [9.17, 15) is 8.42 Å². The van der Waals surface area contributed by atoms with E-state index in [-0.39, 0.29) is 28.5 Å². The zero-order valence-corrected chi connectivity index (χ0v) is 25.0. The van der Waals surface area contributed by atoms with Crippen LogP contribution in [0.4, 0.5) is 11.4 Å². The predicted octanol–water partition coefficient (Wildman–Crippen LogP) is 6.09. The minimum Gasteiger partial charge on any atom is -0.489 e. The van der Waals surface area contributed by atoms with Gasteiger partial charge in [0.1, 0.15) is 23.3 Å². The number of halogens is 1. The first kappa shape index (κ1) is 30.7. The topological polar surface area (TPSA) is 104 Å². The molecule has 0 bridgehead atoms. The molecule has 0 spiro atoms. The van der Waals surface area contributed by atoms with Crippen molar-refractivity contribution in [3.05, 3.63) is 58.8 Å². The zero-order chi connectivity index (χ0) is 28.6. The molecular weight excluding hydrogens is 534 g/mol. The van der Waals surface area contributed by atoms with Crippen molar-refractivity contribution in [3.8, 4) is 5.75 Å². The van der Waals surface area contributed by atoms with E-state index in [1.165, 1.54) is 17.3 Å². The molecule has 0 aromatic heterocycles. The number of hydrogen-bond acceptors (Lipinski definition) is 7. The number of nitrogens with one attached hydrogen (secondary N) is 3. The van der Waals surface area contributed by atoms with Gasteiger partial charge in [0.25, 0.3) is 0 Å². The molecule has 3 N–H and O–H groups in total. The number of anilines is 2. The van der Waals surface area contributed by atoms with Crippen molar-refractivity contribution in [2.75, 3.05) is 30.4 Å². The largest absolute Gasteiger partial charge is 0.489 e. The Morgan fingerprint density at radius 2 is 1.87 bits per heavy atom. The average molecular weight is 574 g/mol. The molecule has 0 radical (unpaired) electrons. The summed E-state index contributed by atoms with van der Waals surface area (Å²) in [5.41, 5.74) is 3.72. The number of ether oxygens (including phenoxy) is 1. The summed E-state index contributed by atoms with van der Waals surface area (Å²) in [5.74, 6) is 1.54. The summed E-state index contributed by atoms with van der Waals surface area (Å²) in [5, 5.41) is 9.49. The van der Waals surface area contributed by atoms with Gasteiger partial charge in [0.15, 0.2) is 9.84 Å². The average Bonchev–Trinajstić information content (AvgIpc) is 2.90. The Morgan fingerprint density at radius 3 is 2.51 bits per heavy atom. The Hall–Kier alpha value is -2.88. The van der Waals surface area contributed by atoms with Crippen molar-refractivity contribution < 1.29 is 13.2 Å². The van der Waals surface area contributed by atoms with Crippen molar-refractivity contribution in [2.24, 2.45) is 9.98 Å². The van der Waals surface area contributed by atoms with Crippen LogP contribution >= 0.6 is 11.6 Å². The van der Waals surface area contributed by atoms with E-state index in [2.05, 4.69) is 51.7 Å². The second kappa shape index (κ2) is 14.0. The summed E-state index contributed by atoms with van der Waals surface area (Å²) in [6.45, 7) is 15.1. The second-order valence-corrected chi connectivity index (χ2v) is 13.0. The lowest BCUT2D eigenvalue weighted by atomic mass is 9.87. The highest BCUT2D eigenvalue weighted by atomic mass is 35.5. The van der Waals surface area contributed by atoms with Crippen LogP contribution in [-0.2, 0) is 9.84 Å². The summed E-state index contributed by atoms with van der Waals surface area (Å²) in [6, 6.07) is 10.9. The molecule has 0 aliphatic carbocycles. The Kier molecular flexibility index (Phi) is 11.0. The van der Waals surface area contributed by atoms with E-state index >= 15 is 0 Å². The lowest BCUT2D eigenvalue weighted by molar-refractivity contribution is 0.243. The fourth-order valence-electron chi connectivity index (χ4n) is 4.49. The monoisotopic (exact) mass is 573 g/mol. The van der Waals surface area contributed by atoms with Crippen LogP contribution in [0.15, 0.2) is 62.5 Å². The van der Waals surface area contributed by atoms with E-state index in [4.69, 9.17) is 16.3 Å². The van der Waals surface area contributed by atoms with Crippen LogP contribution < -0.4 is 20.7 Å². The highest BCUT2D eigenvalue weighted by Gasteiger charge is 2.23. The number of para-hydroxylation sites is 1. The number of aliphatic imine (C=N–C) groups is 2. The van der Waals surface area contributed by atoms with Crippen molar-refractivity contribution in [1.82, 2.24) is 5.32 Å². The Bertz CT molecular complexity index is 1320. The molecule has 1 heterocycles. The molecule has 8 nitrogen and oxygen atoms in total. The standard InChI is InChI=1S/C29H40ClN5O3S/c1-19(2)38-27-16-23(22-11-13-32-14-12-22)21(5)15-26(27)33-18-34-29(24(30)17-31-6)35-25-9-7-8-10-28(25)39(36,37)20(3)4/h7-10,15-17,19-20,22,32-33H,6,11-14,18H2,1-5H3,(H,34,35)/b24-17+. The summed E-state index contributed by atoms with van der Waals surface area (Å²) in [4.78, 5) is 8.53. The number of hydrogen-bond donors (Lipinski definition) is 3. The van der Waals surface area contributed by atoms with Gasteiger partial charge >= 0.3 is 0 Å². The van der Waals surface area contributed by atoms with Gasteiger partial charge in [-0.05, 0) is 109 Å². The zero-order valence-electron chi connectivity index (χ0n) is 23.4. The fourth-order valence-corrected chi connectivity index (χ4v) is 5.86. The van der Waals surface area contributed by atoms with Crippen LogP contribution in [0.1, 0.15) is 57.6 Å². The van der Waals surface area contributed by atoms with E-state index in [0.29, 0.717) is 11.6 Å². The molecule has 0 saturated carbocycles. The number of rotatable bonds is 11. The maximum Gasteiger partial charge on any atom is 0.182 e. The third-order valence-electron chi connectivity index (χ3n) is 6.51. The minimum absolute atomic E-state index is 0.00492. The lowest BCUT2D eigenvalue weighted by Crippen LogP contribution is -2.27. The predicted molar refractivity (Wildman–Crippen MR) is 164 cm³/mol. The number of sulfone groups is 1. The van der Waals surface area contributed by atoms with Crippen molar-refractivity contribution >= 4 is 45.4 Å². The number of aryl methyl sites for hydroxylation is 1. The van der Waals surface area contributed by atoms with E-state index in [1.807, 2.05) is 13.8 Å². The maximum absolute atomic E-state index is 12.9. The van der Waals surface area contributed by atoms with Gasteiger partial charge in [-0.3, -0.25) is 4.99 Å². The summed E-state index contributed by atoms with van der Waals surface area (Å²) < 4.78 is 32.1. The molecule has 1 aliphatic heterocycles. The van der Waals surface area contributed by atoms with Gasteiger partial charge in [-0.2, -0.15) is 0 Å². The molecule has 0 atom stereocenters. The lowest BCUT2D eigenvalue weighted by Gasteiger charge is -2.26. The molecule has 2 aromatic carbocycles. The molecule has 10 heteroatoms. The molecule has 2 aromatic rings. The normalized spacial score (nSPS) is 15.5. The Labute approximate surface area is 237 Å². The SMILES string of the molecule is C=N/C=C(Cl)\C(=N/CNc1cc(C)c(C2CCNCC2)cc1OC(C)C)Nc1ccccc1S(=O)(=O)C(C)C. The first-order valence-corrected chi connectivity index (χ1v) is 15.2. The molecule has 3 rings (SSSR count). The van der Waals surface area contributed by atoms with Crippen molar-refractivity contribution in [1.29, 1.82) is 0 Å². The minimum atomic E-state index is -3.54. The van der Waals surface area contributed by atoms with Crippen molar-refractivity contribution in [2.45, 2.75) is 69.6 Å². The second-order valence-electron chi connectivity index (χ2n) is 10.1. The number of nitrogens with zero attached hydrogens (tertiary/aromatic N) is 2. The molecule has 0 amide bonds. The molecule has 0 unspecified atom stereocenters. The quantitative estimate of drug-likeness (QED) is 0.222. The molecule has 1 aliphatic rings. The first-order valence-electron chi connectivity index (χ1n) is 13.3. The molecule has 1 fully saturated rings. The number of amidine groups is 1. The van der Waals surface area contributed by atoms with Crippen LogP contribution in [0, 0.1) is 6.92 Å². The van der Waals surface area contributed by atoms with Gasteiger partial charge < -0.3 is 20.7 Å². The van der Waals surface area contributed by atoms with Gasteiger partial charge in [-0.1, -0.05) is 23.7 Å². The Balaban J connectivity index is 1.91. The van der Waals surface area contributed by atoms with Gasteiger partial charge in [-0.15, -0.1) is 0 Å².